The summed E-state index contributed by atoms with van der Waals surface area (Å²) in [6, 6.07) is 19.0. The number of hydrogen-bond acceptors (Lipinski definition) is 11. The first kappa shape index (κ1) is 39.2. The Morgan fingerprint density at radius 1 is 1.02 bits per heavy atom. The number of aliphatic hydroxyl groups excluding tert-OH is 2. The highest BCUT2D eigenvalue weighted by molar-refractivity contribution is 5.85. The Morgan fingerprint density at radius 3 is 2.76 bits per heavy atom. The fourth-order valence-corrected chi connectivity index (χ4v) is 9.49. The van der Waals surface area contributed by atoms with Crippen molar-refractivity contribution < 1.29 is 39.4 Å². The molecule has 0 spiro atoms. The Bertz CT molecular complexity index is 2420. The van der Waals surface area contributed by atoms with Crippen molar-refractivity contribution in [2.24, 2.45) is 0 Å². The number of benzene rings is 4. The number of hydrogen-bond donors (Lipinski definition) is 8. The van der Waals surface area contributed by atoms with E-state index in [0.717, 1.165) is 62.0 Å². The molecule has 2 bridgehead atoms. The summed E-state index contributed by atoms with van der Waals surface area (Å²) in [5.74, 6) is 8.86. The van der Waals surface area contributed by atoms with Crippen LogP contribution in [0, 0.1) is 11.8 Å². The van der Waals surface area contributed by atoms with Gasteiger partial charge in [-0.05, 0) is 121 Å². The molecule has 0 fully saturated rings. The molecule has 4 aromatic carbocycles. The van der Waals surface area contributed by atoms with Crippen LogP contribution in [-0.2, 0) is 30.4 Å². The molecule has 3 aliphatic heterocycles. The molecule has 308 valence electrons. The molecule has 0 amide bonds. The van der Waals surface area contributed by atoms with Gasteiger partial charge in [0.05, 0.1) is 26.0 Å². The Labute approximate surface area is 343 Å². The van der Waals surface area contributed by atoms with E-state index in [2.05, 4.69) is 57.0 Å². The summed E-state index contributed by atoms with van der Waals surface area (Å²) in [7, 11) is 1.84. The number of ether oxygens (including phenoxy) is 4. The molecule has 0 radical (unpaired) electrons. The molecule has 0 saturated heterocycles. The van der Waals surface area contributed by atoms with Gasteiger partial charge in [-0.25, -0.2) is 0 Å². The molecule has 1 aromatic heterocycles. The maximum atomic E-state index is 11.0. The molecule has 59 heavy (non-hydrogen) atoms. The fourth-order valence-electron chi connectivity index (χ4n) is 9.49. The SMILES string of the molecule is CNCOC12Cc3c4c(c5c(c3OC1c1ccc(O)c(c1)OCCC#CC2NCNCC(C)O)CCC(CO)O5)-c1ccc(O)cc1C(Cc1ccc2[nH]ccc2c1)C4. The highest BCUT2D eigenvalue weighted by atomic mass is 16.6. The van der Waals surface area contributed by atoms with Gasteiger partial charge in [0.2, 0.25) is 0 Å². The highest BCUT2D eigenvalue weighted by Gasteiger charge is 2.54. The standard InChI is InChI=1S/C47H52N4O8/c1-27(53)23-49-25-51-42-5-3-4-16-56-41-20-30(7-13-40(41)55)46-47(42,57-26-48-2)22-38-37-19-31(18-28-6-12-39-29(17-28)14-15-50-39)36-21-32(54)8-10-34(36)43(37)45-35(44(38)59-46)11-9-33(24-52)58-45/h6-8,10,12-15,17,20-21,27,31,33,42,46,48-55H,4,9,11,16,18-19,22-26H2,1-2H3. The molecule has 1 aliphatic carbocycles. The first-order chi connectivity index (χ1) is 28.8. The summed E-state index contributed by atoms with van der Waals surface area (Å²) >= 11 is 0. The van der Waals surface area contributed by atoms with E-state index in [1.165, 1.54) is 5.56 Å². The third-order valence-corrected chi connectivity index (χ3v) is 12.2. The van der Waals surface area contributed by atoms with Gasteiger partial charge in [-0.15, -0.1) is 0 Å². The van der Waals surface area contributed by atoms with Crippen LogP contribution in [-0.4, -0.2) is 89.5 Å². The van der Waals surface area contributed by atoms with Gasteiger partial charge in [0, 0.05) is 54.5 Å². The number of aromatic nitrogens is 1. The zero-order valence-electron chi connectivity index (χ0n) is 33.4. The average Bonchev–Trinajstić information content (AvgIpc) is 3.71. The highest BCUT2D eigenvalue weighted by Crippen LogP contribution is 2.58. The number of phenolic OH excluding ortho intramolecular Hbond substituents is 2. The Kier molecular flexibility index (Phi) is 10.9. The van der Waals surface area contributed by atoms with Crippen molar-refractivity contribution in [3.05, 3.63) is 100 Å². The molecule has 0 saturated carbocycles. The second-order valence-corrected chi connectivity index (χ2v) is 16.2. The molecule has 5 aromatic rings. The van der Waals surface area contributed by atoms with E-state index in [1.54, 1.807) is 19.1 Å². The van der Waals surface area contributed by atoms with Gasteiger partial charge >= 0.3 is 0 Å². The number of aromatic hydroxyl groups is 2. The third kappa shape index (κ3) is 7.37. The Balaban J connectivity index is 1.26. The van der Waals surface area contributed by atoms with Gasteiger partial charge in [-0.1, -0.05) is 30.0 Å². The molecule has 4 heterocycles. The van der Waals surface area contributed by atoms with Crippen LogP contribution in [0.2, 0.25) is 0 Å². The monoisotopic (exact) mass is 800 g/mol. The van der Waals surface area contributed by atoms with Crippen molar-refractivity contribution in [2.45, 2.75) is 81.3 Å². The second-order valence-electron chi connectivity index (χ2n) is 16.2. The molecule has 12 heteroatoms. The normalized spacial score (nSPS) is 23.3. The van der Waals surface area contributed by atoms with Gasteiger partial charge in [0.25, 0.3) is 0 Å². The number of rotatable bonds is 11. The van der Waals surface area contributed by atoms with E-state index < -0.39 is 23.9 Å². The third-order valence-electron chi connectivity index (χ3n) is 12.2. The summed E-state index contributed by atoms with van der Waals surface area (Å²) in [5.41, 5.74) is 7.89. The van der Waals surface area contributed by atoms with E-state index in [-0.39, 0.29) is 43.5 Å². The second kappa shape index (κ2) is 16.4. The number of aromatic amines is 1. The number of phenols is 2. The van der Waals surface area contributed by atoms with Gasteiger partial charge in [0.1, 0.15) is 35.0 Å². The van der Waals surface area contributed by atoms with E-state index in [0.29, 0.717) is 56.8 Å². The molecule has 8 N–H and O–H groups in total. The summed E-state index contributed by atoms with van der Waals surface area (Å²) < 4.78 is 27.4. The van der Waals surface area contributed by atoms with E-state index in [4.69, 9.17) is 18.9 Å². The van der Waals surface area contributed by atoms with E-state index in [9.17, 15) is 20.4 Å². The van der Waals surface area contributed by atoms with Crippen molar-refractivity contribution in [3.63, 3.8) is 0 Å². The minimum absolute atomic E-state index is 0.00461. The van der Waals surface area contributed by atoms with Crippen LogP contribution < -0.4 is 30.2 Å². The minimum Gasteiger partial charge on any atom is -0.508 e. The molecule has 9 rings (SSSR count). The average molecular weight is 801 g/mol. The maximum absolute atomic E-state index is 11.0. The van der Waals surface area contributed by atoms with Crippen LogP contribution in [0.5, 0.6) is 28.7 Å². The molecular weight excluding hydrogens is 749 g/mol. The summed E-state index contributed by atoms with van der Waals surface area (Å²) in [5, 5.41) is 53.6. The van der Waals surface area contributed by atoms with Gasteiger partial charge < -0.3 is 49.7 Å². The zero-order chi connectivity index (χ0) is 40.7. The van der Waals surface area contributed by atoms with Gasteiger partial charge in [-0.3, -0.25) is 10.6 Å². The van der Waals surface area contributed by atoms with E-state index >= 15 is 0 Å². The lowest BCUT2D eigenvalue weighted by atomic mass is 9.69. The maximum Gasteiger partial charge on any atom is 0.161 e. The van der Waals surface area contributed by atoms with Crippen molar-refractivity contribution in [1.29, 1.82) is 0 Å². The first-order valence-corrected chi connectivity index (χ1v) is 20.6. The smallest absolute Gasteiger partial charge is 0.161 e. The van der Waals surface area contributed by atoms with Crippen LogP contribution in [0.25, 0.3) is 22.0 Å². The van der Waals surface area contributed by atoms with Crippen LogP contribution in [0.3, 0.4) is 0 Å². The molecular formula is C47H52N4O8. The lowest BCUT2D eigenvalue weighted by Crippen LogP contribution is -2.62. The Morgan fingerprint density at radius 2 is 1.92 bits per heavy atom. The largest absolute Gasteiger partial charge is 0.508 e. The van der Waals surface area contributed by atoms with Crippen LogP contribution >= 0.6 is 0 Å². The summed E-state index contributed by atoms with van der Waals surface area (Å²) in [6.45, 7) is 2.83. The predicted molar refractivity (Wildman–Crippen MR) is 224 cm³/mol. The number of fused-ring (bicyclic) bond motifs is 13. The van der Waals surface area contributed by atoms with E-state index in [1.807, 2.05) is 37.5 Å². The van der Waals surface area contributed by atoms with Crippen molar-refractivity contribution in [1.82, 2.24) is 20.9 Å². The molecule has 6 unspecified atom stereocenters. The quantitative estimate of drug-likeness (QED) is 0.0509. The lowest BCUT2D eigenvalue weighted by molar-refractivity contribution is -0.141. The molecule has 4 aliphatic rings. The lowest BCUT2D eigenvalue weighted by Gasteiger charge is -2.49. The molecule has 12 nitrogen and oxygen atoms in total. The topological polar surface area (TPSA) is 170 Å². The van der Waals surface area contributed by atoms with Crippen LogP contribution in [0.1, 0.15) is 65.2 Å². The van der Waals surface area contributed by atoms with Crippen LogP contribution in [0.15, 0.2) is 66.9 Å². The summed E-state index contributed by atoms with van der Waals surface area (Å²) in [4.78, 5) is 3.30. The number of H-pyrrole nitrogens is 1. The molecule has 6 atom stereocenters. The summed E-state index contributed by atoms with van der Waals surface area (Å²) in [6.07, 6.45) is 3.71. The predicted octanol–water partition coefficient (Wildman–Crippen LogP) is 5.09. The van der Waals surface area contributed by atoms with Crippen LogP contribution in [0.4, 0.5) is 0 Å². The zero-order valence-corrected chi connectivity index (χ0v) is 33.4. The minimum atomic E-state index is -1.14. The van der Waals surface area contributed by atoms with Gasteiger partial charge in [-0.2, -0.15) is 0 Å². The number of nitrogens with one attached hydrogen (secondary N) is 4. The number of aliphatic hydroxyl groups is 2. The van der Waals surface area contributed by atoms with Gasteiger partial charge in [0.15, 0.2) is 17.6 Å². The first-order valence-electron chi connectivity index (χ1n) is 20.6. The van der Waals surface area contributed by atoms with Crippen molar-refractivity contribution >= 4 is 10.9 Å². The fraction of sp³-hybridized carbons (Fsp3) is 0.404. The van der Waals surface area contributed by atoms with Crippen molar-refractivity contribution in [3.8, 4) is 51.7 Å². The Hall–Kier alpha value is -5.26. The van der Waals surface area contributed by atoms with Crippen molar-refractivity contribution in [2.75, 3.05) is 40.2 Å².